The molecule has 0 radical (unpaired) electrons. The molecule has 0 saturated carbocycles. The third kappa shape index (κ3) is 6.17. The maximum atomic E-state index is 13.8. The van der Waals surface area contributed by atoms with Crippen LogP contribution in [0.2, 0.25) is 5.02 Å². The summed E-state index contributed by atoms with van der Waals surface area (Å²) in [5.41, 5.74) is 2.32. The molecule has 0 aliphatic heterocycles. The molecule has 0 bridgehead atoms. The van der Waals surface area contributed by atoms with E-state index in [9.17, 15) is 13.6 Å². The lowest BCUT2D eigenvalue weighted by atomic mass is 9.77. The molecule has 170 valence electrons. The van der Waals surface area contributed by atoms with Crippen molar-refractivity contribution in [2.24, 2.45) is 0 Å². The molecule has 2 rings (SSSR count). The first kappa shape index (κ1) is 25.1. The van der Waals surface area contributed by atoms with Crippen LogP contribution in [0.5, 0.6) is 11.5 Å². The van der Waals surface area contributed by atoms with Gasteiger partial charge in [0.2, 0.25) is 0 Å². The summed E-state index contributed by atoms with van der Waals surface area (Å²) in [5.74, 6) is -0.866. The molecule has 0 amide bonds. The van der Waals surface area contributed by atoms with E-state index in [0.717, 1.165) is 29.5 Å². The Morgan fingerprint density at radius 3 is 2.29 bits per heavy atom. The van der Waals surface area contributed by atoms with E-state index in [0.29, 0.717) is 17.4 Å². The monoisotopic (exact) mass is 454 g/mol. The highest BCUT2D eigenvalue weighted by atomic mass is 35.5. The number of hydrogen-bond donors (Lipinski definition) is 0. The van der Waals surface area contributed by atoms with E-state index < -0.39 is 23.9 Å². The van der Waals surface area contributed by atoms with E-state index in [2.05, 4.69) is 16.4 Å². The highest BCUT2D eigenvalue weighted by molar-refractivity contribution is 6.32. The summed E-state index contributed by atoms with van der Waals surface area (Å²) in [5, 5.41) is 0.537. The molecule has 0 saturated heterocycles. The molecule has 0 N–H and O–H groups in total. The largest absolute Gasteiger partial charge is 0.492 e. The highest BCUT2D eigenvalue weighted by Crippen LogP contribution is 2.38. The van der Waals surface area contributed by atoms with Gasteiger partial charge in [0.05, 0.1) is 11.6 Å². The van der Waals surface area contributed by atoms with Gasteiger partial charge in [0.15, 0.2) is 0 Å². The van der Waals surface area contributed by atoms with Crippen LogP contribution in [0, 0.1) is 6.92 Å². The Morgan fingerprint density at radius 1 is 1.10 bits per heavy atom. The Kier molecular flexibility index (Phi) is 8.43. The minimum atomic E-state index is -3.95. The molecule has 2 aromatic rings. The number of ether oxygens (including phenoxy) is 3. The van der Waals surface area contributed by atoms with Gasteiger partial charge >= 0.3 is 6.11 Å². The van der Waals surface area contributed by atoms with Crippen molar-refractivity contribution in [3.8, 4) is 11.5 Å². The number of Topliss-reactive ketones (excluding diaryl/α,β-unsaturated/α-hetero) is 1. The molecule has 0 atom stereocenters. The van der Waals surface area contributed by atoms with Gasteiger partial charge in [-0.1, -0.05) is 57.0 Å². The normalized spacial score (nSPS) is 12.0. The number of carbonyl (C=O) groups is 1. The minimum Gasteiger partial charge on any atom is -0.492 e. The molecule has 0 heterocycles. The van der Waals surface area contributed by atoms with Gasteiger partial charge in [0.1, 0.15) is 18.1 Å². The van der Waals surface area contributed by atoms with E-state index >= 15 is 0 Å². The van der Waals surface area contributed by atoms with Crippen molar-refractivity contribution < 1.29 is 27.8 Å². The highest BCUT2D eigenvalue weighted by Gasteiger charge is 2.41. The zero-order chi connectivity index (χ0) is 23.2. The van der Waals surface area contributed by atoms with Crippen LogP contribution >= 0.6 is 11.6 Å². The molecule has 0 spiro atoms. The Hall–Kier alpha value is -2.18. The summed E-state index contributed by atoms with van der Waals surface area (Å²) >= 11 is 6.49. The zero-order valence-electron chi connectivity index (χ0n) is 18.6. The van der Waals surface area contributed by atoms with Crippen molar-refractivity contribution in [2.45, 2.75) is 52.1 Å². The van der Waals surface area contributed by atoms with Gasteiger partial charge in [0, 0.05) is 12.5 Å². The first-order chi connectivity index (χ1) is 14.5. The standard InChI is InChI=1S/C24H29ClF2O4/c1-6-7-12-30-22-16(2)13-18(14-20(22)25)23(3,4)17-8-10-19(11-9-17)31-24(26,27)21(28)15-29-5/h8-11,13-14H,6-7,12,15H2,1-5H3. The second kappa shape index (κ2) is 10.4. The molecule has 0 aromatic heterocycles. The van der Waals surface area contributed by atoms with Crippen molar-refractivity contribution in [1.82, 2.24) is 0 Å². The zero-order valence-corrected chi connectivity index (χ0v) is 19.3. The van der Waals surface area contributed by atoms with Crippen molar-refractivity contribution >= 4 is 17.4 Å². The summed E-state index contributed by atoms with van der Waals surface area (Å²) in [6.45, 7) is 7.96. The van der Waals surface area contributed by atoms with Crippen molar-refractivity contribution in [1.29, 1.82) is 0 Å². The van der Waals surface area contributed by atoms with E-state index in [1.165, 1.54) is 19.2 Å². The average molecular weight is 455 g/mol. The van der Waals surface area contributed by atoms with Crippen LogP contribution in [-0.4, -0.2) is 32.2 Å². The maximum Gasteiger partial charge on any atom is 0.463 e. The Balaban J connectivity index is 2.23. The van der Waals surface area contributed by atoms with Crippen LogP contribution in [-0.2, 0) is 14.9 Å². The van der Waals surface area contributed by atoms with Crippen LogP contribution in [0.1, 0.15) is 50.3 Å². The maximum absolute atomic E-state index is 13.8. The summed E-state index contributed by atoms with van der Waals surface area (Å²) in [6.07, 6.45) is -1.97. The first-order valence-electron chi connectivity index (χ1n) is 10.2. The van der Waals surface area contributed by atoms with Gasteiger partial charge in [-0.25, -0.2) is 0 Å². The van der Waals surface area contributed by atoms with E-state index in [1.807, 2.05) is 32.9 Å². The van der Waals surface area contributed by atoms with E-state index in [-0.39, 0.29) is 5.75 Å². The van der Waals surface area contributed by atoms with Crippen LogP contribution in [0.4, 0.5) is 8.78 Å². The van der Waals surface area contributed by atoms with Crippen molar-refractivity contribution in [2.75, 3.05) is 20.3 Å². The van der Waals surface area contributed by atoms with Crippen LogP contribution < -0.4 is 9.47 Å². The summed E-state index contributed by atoms with van der Waals surface area (Å²) in [6, 6.07) is 10.1. The first-order valence-corrected chi connectivity index (χ1v) is 10.5. The lowest BCUT2D eigenvalue weighted by Gasteiger charge is -2.28. The van der Waals surface area contributed by atoms with Crippen LogP contribution in [0.15, 0.2) is 36.4 Å². The fourth-order valence-corrected chi connectivity index (χ4v) is 3.44. The molecular formula is C24H29ClF2O4. The summed E-state index contributed by atoms with van der Waals surface area (Å²) in [7, 11) is 1.17. The molecule has 4 nitrogen and oxygen atoms in total. The number of hydrogen-bond acceptors (Lipinski definition) is 4. The Bertz CT molecular complexity index is 872. The Morgan fingerprint density at radius 2 is 1.74 bits per heavy atom. The van der Waals surface area contributed by atoms with Gasteiger partial charge < -0.3 is 14.2 Å². The lowest BCUT2D eigenvalue weighted by Crippen LogP contribution is -2.37. The van der Waals surface area contributed by atoms with Crippen molar-refractivity contribution in [3.05, 3.63) is 58.1 Å². The molecule has 0 aliphatic rings. The predicted molar refractivity (Wildman–Crippen MR) is 118 cm³/mol. The number of unbranched alkanes of at least 4 members (excludes halogenated alkanes) is 1. The van der Waals surface area contributed by atoms with Gasteiger partial charge in [-0.05, 0) is 48.2 Å². The fraction of sp³-hybridized carbons (Fsp3) is 0.458. The number of ketones is 1. The van der Waals surface area contributed by atoms with Gasteiger partial charge in [0.25, 0.3) is 5.78 Å². The fourth-order valence-electron chi connectivity index (χ4n) is 3.12. The number of aryl methyl sites for hydroxylation is 1. The van der Waals surface area contributed by atoms with Crippen LogP contribution in [0.3, 0.4) is 0 Å². The van der Waals surface area contributed by atoms with E-state index in [1.54, 1.807) is 12.1 Å². The number of rotatable bonds is 11. The number of alkyl halides is 2. The van der Waals surface area contributed by atoms with Crippen molar-refractivity contribution in [3.63, 3.8) is 0 Å². The summed E-state index contributed by atoms with van der Waals surface area (Å²) < 4.78 is 42.6. The summed E-state index contributed by atoms with van der Waals surface area (Å²) in [4.78, 5) is 11.4. The van der Waals surface area contributed by atoms with E-state index in [4.69, 9.17) is 16.3 Å². The number of halogens is 3. The topological polar surface area (TPSA) is 44.8 Å². The molecule has 0 unspecified atom stereocenters. The molecule has 2 aromatic carbocycles. The molecule has 0 fully saturated rings. The molecule has 31 heavy (non-hydrogen) atoms. The average Bonchev–Trinajstić information content (AvgIpc) is 2.70. The third-order valence-electron chi connectivity index (χ3n) is 5.12. The lowest BCUT2D eigenvalue weighted by molar-refractivity contribution is -0.193. The van der Waals surface area contributed by atoms with Gasteiger partial charge in [-0.3, -0.25) is 4.79 Å². The third-order valence-corrected chi connectivity index (χ3v) is 5.40. The SMILES string of the molecule is CCCCOc1c(C)cc(C(C)(C)c2ccc(OC(F)(F)C(=O)COC)cc2)cc1Cl. The molecule has 7 heteroatoms. The number of carbonyl (C=O) groups excluding carboxylic acids is 1. The smallest absolute Gasteiger partial charge is 0.463 e. The minimum absolute atomic E-state index is 0.108. The number of methoxy groups -OCH3 is 1. The second-order valence-electron chi connectivity index (χ2n) is 7.93. The number of benzene rings is 2. The second-order valence-corrected chi connectivity index (χ2v) is 8.34. The molecular weight excluding hydrogens is 426 g/mol. The Labute approximate surface area is 187 Å². The van der Waals surface area contributed by atoms with Gasteiger partial charge in [-0.15, -0.1) is 0 Å². The quantitative estimate of drug-likeness (QED) is 0.371. The predicted octanol–water partition coefficient (Wildman–Crippen LogP) is 6.34. The molecule has 0 aliphatic carbocycles. The van der Waals surface area contributed by atoms with Gasteiger partial charge in [-0.2, -0.15) is 8.78 Å². The van der Waals surface area contributed by atoms with Crippen LogP contribution in [0.25, 0.3) is 0 Å².